The van der Waals surface area contributed by atoms with Gasteiger partial charge in [-0.05, 0) is 62.3 Å². The summed E-state index contributed by atoms with van der Waals surface area (Å²) in [5.41, 5.74) is 5.95. The van der Waals surface area contributed by atoms with Crippen LogP contribution in [0.3, 0.4) is 0 Å². The normalized spacial score (nSPS) is 38.6. The van der Waals surface area contributed by atoms with Crippen LogP contribution in [0.15, 0.2) is 12.3 Å². The van der Waals surface area contributed by atoms with Crippen LogP contribution in [0.1, 0.15) is 38.5 Å². The zero-order chi connectivity index (χ0) is 19.5. The lowest BCUT2D eigenvalue weighted by atomic mass is 9.53. The number of aromatic nitrogens is 1. The standard InChI is InChI=1S/C20H27ClN4O3/c21-14-5-16(22)18(23-9-14)24-15-1-2-25(10-15)19(26)28-17-12-3-11-4-13(17)8-20(27,6-11)7-12/h5,9,11-13,15,17,27H,1-4,6-8,10,22H2,(H,23,24)/t11?,12-,13?,15+,17?,20-/m0/s1. The highest BCUT2D eigenvalue weighted by atomic mass is 35.5. The lowest BCUT2D eigenvalue weighted by Gasteiger charge is -2.57. The Labute approximate surface area is 169 Å². The Morgan fingerprint density at radius 2 is 2.11 bits per heavy atom. The molecule has 152 valence electrons. The highest BCUT2D eigenvalue weighted by molar-refractivity contribution is 6.30. The van der Waals surface area contributed by atoms with Gasteiger partial charge >= 0.3 is 6.09 Å². The lowest BCUT2D eigenvalue weighted by molar-refractivity contribution is -0.177. The fourth-order valence-corrected chi connectivity index (χ4v) is 6.30. The van der Waals surface area contributed by atoms with Crippen LogP contribution >= 0.6 is 11.6 Å². The maximum Gasteiger partial charge on any atom is 0.410 e. The third kappa shape index (κ3) is 3.28. The molecule has 0 radical (unpaired) electrons. The number of carbonyl (C=O) groups is 1. The van der Waals surface area contributed by atoms with Gasteiger partial charge in [0.15, 0.2) is 0 Å². The molecular weight excluding hydrogens is 380 g/mol. The van der Waals surface area contributed by atoms with Crippen LogP contribution in [0.5, 0.6) is 0 Å². The molecule has 5 aliphatic rings. The summed E-state index contributed by atoms with van der Waals surface area (Å²) in [7, 11) is 0. The molecule has 6 rings (SSSR count). The Balaban J connectivity index is 1.18. The summed E-state index contributed by atoms with van der Waals surface area (Å²) >= 11 is 5.90. The van der Waals surface area contributed by atoms with Gasteiger partial charge in [-0.3, -0.25) is 0 Å². The molecular formula is C20H27ClN4O3. The molecule has 4 bridgehead atoms. The van der Waals surface area contributed by atoms with E-state index in [-0.39, 0.29) is 18.2 Å². The topological polar surface area (TPSA) is 101 Å². The smallest absolute Gasteiger partial charge is 0.410 e. The summed E-state index contributed by atoms with van der Waals surface area (Å²) in [6.45, 7) is 1.22. The monoisotopic (exact) mass is 406 g/mol. The number of aliphatic hydroxyl groups is 1. The Kier molecular flexibility index (Phi) is 4.36. The first kappa shape index (κ1) is 18.3. The Bertz CT molecular complexity index is 775. The van der Waals surface area contributed by atoms with Crippen molar-refractivity contribution in [3.63, 3.8) is 0 Å². The van der Waals surface area contributed by atoms with Gasteiger partial charge in [0.05, 0.1) is 16.3 Å². The second-order valence-electron chi connectivity index (χ2n) is 9.21. The van der Waals surface area contributed by atoms with E-state index in [2.05, 4.69) is 10.3 Å². The number of likely N-dealkylation sites (tertiary alicyclic amines) is 1. The molecule has 4 aliphatic carbocycles. The van der Waals surface area contributed by atoms with Gasteiger partial charge in [-0.25, -0.2) is 9.78 Å². The summed E-state index contributed by atoms with van der Waals surface area (Å²) in [5, 5.41) is 14.5. The average Bonchev–Trinajstić information content (AvgIpc) is 3.08. The van der Waals surface area contributed by atoms with Crippen molar-refractivity contribution in [1.82, 2.24) is 9.88 Å². The van der Waals surface area contributed by atoms with Crippen molar-refractivity contribution in [3.8, 4) is 0 Å². The largest absolute Gasteiger partial charge is 0.446 e. The number of rotatable bonds is 3. The molecule has 1 aromatic rings. The summed E-state index contributed by atoms with van der Waals surface area (Å²) in [4.78, 5) is 18.8. The van der Waals surface area contributed by atoms with E-state index < -0.39 is 5.60 Å². The first-order valence-corrected chi connectivity index (χ1v) is 10.6. The summed E-state index contributed by atoms with van der Waals surface area (Å²) < 4.78 is 5.98. The van der Waals surface area contributed by atoms with Gasteiger partial charge in [0.25, 0.3) is 0 Å². The summed E-state index contributed by atoms with van der Waals surface area (Å²) in [5.74, 6) is 1.83. The SMILES string of the molecule is Nc1cc(Cl)cnc1N[C@@H]1CCN(C(=O)OC2C3CC4C[C@H]2C[C@@](O)(C4)C3)C1. The molecule has 4 saturated carbocycles. The van der Waals surface area contributed by atoms with Crippen molar-refractivity contribution in [3.05, 3.63) is 17.3 Å². The molecule has 5 fully saturated rings. The van der Waals surface area contributed by atoms with Crippen molar-refractivity contribution in [2.24, 2.45) is 17.8 Å². The van der Waals surface area contributed by atoms with Crippen LogP contribution in [-0.2, 0) is 4.74 Å². The lowest BCUT2D eigenvalue weighted by Crippen LogP contribution is -2.58. The number of carbonyl (C=O) groups excluding carboxylic acids is 1. The average molecular weight is 407 g/mol. The number of nitrogen functional groups attached to an aromatic ring is 1. The van der Waals surface area contributed by atoms with E-state index in [0.717, 1.165) is 38.5 Å². The van der Waals surface area contributed by atoms with Crippen molar-refractivity contribution < 1.29 is 14.6 Å². The number of nitrogens with one attached hydrogen (secondary N) is 1. The Morgan fingerprint density at radius 3 is 2.79 bits per heavy atom. The zero-order valence-electron chi connectivity index (χ0n) is 15.8. The van der Waals surface area contributed by atoms with Gasteiger partial charge in [-0.2, -0.15) is 0 Å². The summed E-state index contributed by atoms with van der Waals surface area (Å²) in [6, 6.07) is 1.75. The second-order valence-corrected chi connectivity index (χ2v) is 9.65. The number of hydrogen-bond donors (Lipinski definition) is 3. The van der Waals surface area contributed by atoms with Crippen LogP contribution in [0.2, 0.25) is 5.02 Å². The van der Waals surface area contributed by atoms with Crippen LogP contribution < -0.4 is 11.1 Å². The van der Waals surface area contributed by atoms with Crippen LogP contribution in [-0.4, -0.2) is 51.9 Å². The molecule has 8 heteroatoms. The van der Waals surface area contributed by atoms with E-state index in [1.54, 1.807) is 17.2 Å². The molecule has 1 aromatic heterocycles. The number of halogens is 1. The predicted molar refractivity (Wildman–Crippen MR) is 106 cm³/mol. The van der Waals surface area contributed by atoms with E-state index in [1.165, 1.54) is 0 Å². The third-order valence-corrected chi connectivity index (χ3v) is 7.27. The van der Waals surface area contributed by atoms with Crippen molar-refractivity contribution in [2.75, 3.05) is 24.1 Å². The fourth-order valence-electron chi connectivity index (χ4n) is 6.13. The predicted octanol–water partition coefficient (Wildman–Crippen LogP) is 2.88. The molecule has 2 heterocycles. The number of anilines is 2. The highest BCUT2D eigenvalue weighted by Crippen LogP contribution is 2.56. The van der Waals surface area contributed by atoms with Crippen LogP contribution in [0.25, 0.3) is 0 Å². The molecule has 28 heavy (non-hydrogen) atoms. The first-order chi connectivity index (χ1) is 13.4. The van der Waals surface area contributed by atoms with E-state index in [1.807, 2.05) is 0 Å². The highest BCUT2D eigenvalue weighted by Gasteiger charge is 2.56. The number of amides is 1. The fraction of sp³-hybridized carbons (Fsp3) is 0.700. The summed E-state index contributed by atoms with van der Waals surface area (Å²) in [6.07, 6.45) is 6.77. The van der Waals surface area contributed by atoms with Gasteiger partial charge < -0.3 is 25.8 Å². The van der Waals surface area contributed by atoms with Crippen molar-refractivity contribution in [1.29, 1.82) is 0 Å². The molecule has 1 saturated heterocycles. The maximum atomic E-state index is 12.8. The van der Waals surface area contributed by atoms with Gasteiger partial charge in [0, 0.05) is 25.3 Å². The third-order valence-electron chi connectivity index (χ3n) is 7.06. The number of nitrogens with two attached hydrogens (primary N) is 1. The Hall–Kier alpha value is -1.73. The van der Waals surface area contributed by atoms with Crippen LogP contribution in [0, 0.1) is 17.8 Å². The minimum absolute atomic E-state index is 0.0371. The quantitative estimate of drug-likeness (QED) is 0.713. The number of pyridine rings is 1. The van der Waals surface area contributed by atoms with Crippen LogP contribution in [0.4, 0.5) is 16.3 Å². The molecule has 3 unspecified atom stereocenters. The minimum Gasteiger partial charge on any atom is -0.446 e. The molecule has 6 atom stereocenters. The molecule has 0 aromatic carbocycles. The van der Waals surface area contributed by atoms with Gasteiger partial charge in [-0.1, -0.05) is 11.6 Å². The Morgan fingerprint density at radius 1 is 1.36 bits per heavy atom. The number of hydrogen-bond acceptors (Lipinski definition) is 6. The van der Waals surface area contributed by atoms with Crippen molar-refractivity contribution in [2.45, 2.75) is 56.3 Å². The molecule has 0 spiro atoms. The van der Waals surface area contributed by atoms with Gasteiger partial charge in [0.2, 0.25) is 0 Å². The molecule has 1 aliphatic heterocycles. The maximum absolute atomic E-state index is 12.8. The zero-order valence-corrected chi connectivity index (χ0v) is 16.6. The first-order valence-electron chi connectivity index (χ1n) is 10.2. The second kappa shape index (κ2) is 6.66. The number of ether oxygens (including phenoxy) is 1. The van der Waals surface area contributed by atoms with Gasteiger partial charge in [0.1, 0.15) is 11.9 Å². The minimum atomic E-state index is -0.506. The molecule has 4 N–H and O–H groups in total. The molecule has 1 amide bonds. The number of nitrogens with zero attached hydrogens (tertiary/aromatic N) is 2. The van der Waals surface area contributed by atoms with E-state index in [9.17, 15) is 9.90 Å². The van der Waals surface area contributed by atoms with Crippen molar-refractivity contribution >= 4 is 29.2 Å². The van der Waals surface area contributed by atoms with Gasteiger partial charge in [-0.15, -0.1) is 0 Å². The van der Waals surface area contributed by atoms with E-state index in [4.69, 9.17) is 22.1 Å². The van der Waals surface area contributed by atoms with E-state index >= 15 is 0 Å². The van der Waals surface area contributed by atoms with E-state index in [0.29, 0.717) is 47.4 Å². The molecule has 7 nitrogen and oxygen atoms in total.